The second-order valence-corrected chi connectivity index (χ2v) is 28.4. The van der Waals surface area contributed by atoms with Gasteiger partial charge in [-0.1, -0.05) is 34.6 Å². The van der Waals surface area contributed by atoms with Crippen LogP contribution in [0, 0.1) is 59.2 Å². The Morgan fingerprint density at radius 2 is 1.44 bits per heavy atom. The Kier molecular flexibility index (Phi) is 19.6. The van der Waals surface area contributed by atoms with Gasteiger partial charge in [0.05, 0.1) is 24.3 Å². The molecule has 0 spiro atoms. The molecule has 8 bridgehead atoms. The Balaban J connectivity index is 1.19. The van der Waals surface area contributed by atoms with Gasteiger partial charge < -0.3 is 64.3 Å². The third-order valence-corrected chi connectivity index (χ3v) is 21.8. The largest absolute Gasteiger partial charge is 0.481 e. The number of aliphatic hydroxyl groups excluding tert-OH is 2. The molecule has 90 heavy (non-hydrogen) atoms. The number of aliphatic imine (C=N–C) groups is 3. The minimum absolute atomic E-state index is 0.0292. The number of rotatable bonds is 26. The number of amides is 6. The molecule has 6 aliphatic heterocycles. The fourth-order valence-corrected chi connectivity index (χ4v) is 16.6. The molecule has 27 nitrogen and oxygen atoms in total. The Morgan fingerprint density at radius 1 is 0.822 bits per heavy atom. The molecule has 28 heteroatoms. The number of carbonyl (C=O) groups is 7. The number of ether oxygens (including phenoxy) is 1. The van der Waals surface area contributed by atoms with E-state index >= 15 is 0 Å². The number of imidazole rings is 1. The minimum atomic E-state index is -5.07. The highest BCUT2D eigenvalue weighted by molar-refractivity contribution is 7.47. The molecular weight excluding hydrogens is 1180 g/mol. The third-order valence-electron chi connectivity index (χ3n) is 20.6. The number of allylic oxidation sites excluding steroid dienone is 6. The van der Waals surface area contributed by atoms with E-state index in [4.69, 9.17) is 57.4 Å². The van der Waals surface area contributed by atoms with Crippen LogP contribution >= 0.6 is 7.82 Å². The molecule has 0 aliphatic carbocycles. The molecular formula is C62H90N12O15P+. The quantitative estimate of drug-likeness (QED) is 0.0475. The Bertz CT molecular complexity index is 3540. The predicted octanol–water partition coefficient (Wildman–Crippen LogP) is 3.18. The van der Waals surface area contributed by atoms with Gasteiger partial charge in [0.15, 0.2) is 11.0 Å². The van der Waals surface area contributed by atoms with E-state index in [0.717, 1.165) is 16.6 Å². The number of nitrogens with zero attached hydrogens (tertiary/aromatic N) is 4. The number of carbonyl (C=O) groups excluding carboxylic acids is 6. The summed E-state index contributed by atoms with van der Waals surface area (Å²) in [5.41, 5.74) is 31.3. The molecule has 15 atom stereocenters. The van der Waals surface area contributed by atoms with Crippen LogP contribution in [-0.2, 0) is 51.9 Å². The number of hydrogen-bond acceptors (Lipinski definition) is 17. The van der Waals surface area contributed by atoms with E-state index in [1.807, 2.05) is 73.6 Å². The molecule has 2 aromatic rings. The van der Waals surface area contributed by atoms with Crippen molar-refractivity contribution in [2.24, 2.45) is 89.0 Å². The smallest absolute Gasteiger partial charge is 0.472 e. The van der Waals surface area contributed by atoms with Gasteiger partial charge >= 0.3 is 13.8 Å². The van der Waals surface area contributed by atoms with E-state index in [0.29, 0.717) is 50.9 Å². The first-order chi connectivity index (χ1) is 41.8. The number of fused-ring (bicyclic) bond motifs is 7. The average molecular weight is 1270 g/mol. The van der Waals surface area contributed by atoms with Gasteiger partial charge in [-0.2, -0.15) is 4.57 Å². The number of benzene rings is 1. The number of phosphoric ester groups is 1. The summed E-state index contributed by atoms with van der Waals surface area (Å²) in [4.78, 5) is 124. The van der Waals surface area contributed by atoms with Gasteiger partial charge in [-0.15, -0.1) is 0 Å². The molecule has 7 heterocycles. The Hall–Kier alpha value is -7.00. The minimum Gasteiger partial charge on any atom is -0.481 e. The number of aliphatic hydroxyl groups is 2. The zero-order valence-electron chi connectivity index (χ0n) is 53.2. The van der Waals surface area contributed by atoms with E-state index in [1.54, 1.807) is 24.7 Å². The van der Waals surface area contributed by atoms with Crippen molar-refractivity contribution < 1.29 is 76.7 Å². The van der Waals surface area contributed by atoms with Crippen molar-refractivity contribution in [3.8, 4) is 0 Å². The number of carboxylic acid groups (broad SMARTS) is 1. The van der Waals surface area contributed by atoms with Crippen molar-refractivity contribution in [3.05, 3.63) is 63.9 Å². The first-order valence-electron chi connectivity index (χ1n) is 30.6. The summed E-state index contributed by atoms with van der Waals surface area (Å²) in [6, 6.07) is 2.76. The monoisotopic (exact) mass is 1270 g/mol. The highest BCUT2D eigenvalue weighted by Crippen LogP contribution is 2.62. The van der Waals surface area contributed by atoms with Gasteiger partial charge in [0, 0.05) is 131 Å². The van der Waals surface area contributed by atoms with E-state index in [9.17, 15) is 58.3 Å². The molecule has 6 amide bonds. The standard InChI is InChI=1S/C62H89N12O15P/c1-29-20-39-40(21-30(29)2)74(28-69-39)57-52(84)53(41(27-75)87-57)89-90(85,86)88-31(3)26-68-48(81)18-19-59(8)37(22-45(65)78)56-62(11)61(10,25-47(67)80)36(13-16-44(64)77)51(73-62)33(5)55-60(9,24-46(66)79)34(12-15-43(63)76)38(70-55)23-42-58(6,7)35(14-17-49(82)83)50(71-42)32(4)54(59)72-56/h20-21,23,28,31,34-37,41,52-53,56-57,75,84H,12-19,22,24-27H2,1-11H3,(H14,63,64,65,66,67,68,70,71,72,73,76,77,78,79,80,81,82,83,85,86)/p+1. The lowest BCUT2D eigenvalue weighted by molar-refractivity contribution is -0.743. The van der Waals surface area contributed by atoms with Crippen molar-refractivity contribution in [2.75, 3.05) is 13.2 Å². The third kappa shape index (κ3) is 13.0. The van der Waals surface area contributed by atoms with Gasteiger partial charge in [0.25, 0.3) is 0 Å². The summed E-state index contributed by atoms with van der Waals surface area (Å²) in [7, 11) is -5.07. The highest BCUT2D eigenvalue weighted by atomic mass is 31.2. The Labute approximate surface area is 522 Å². The van der Waals surface area contributed by atoms with Crippen LogP contribution in [0.1, 0.15) is 150 Å². The van der Waals surface area contributed by atoms with Gasteiger partial charge in [-0.3, -0.25) is 57.6 Å². The number of phosphoric acid groups is 1. The van der Waals surface area contributed by atoms with Crippen LogP contribution in [0.3, 0.4) is 0 Å². The highest BCUT2D eigenvalue weighted by Gasteiger charge is 2.66. The number of nitrogens with two attached hydrogens (primary N) is 5. The molecule has 1 aromatic carbocycles. The van der Waals surface area contributed by atoms with Gasteiger partial charge in [0.1, 0.15) is 18.3 Å². The second kappa shape index (κ2) is 25.6. The Morgan fingerprint density at radius 3 is 2.04 bits per heavy atom. The SMILES string of the molecule is CC1=C2N=C(C=C3NC(=C(C)C4=NC(C)(C5N=C1C(C)(CCC(=O)NCC(C)OP(=O)(O)OC1C(CO)OC([n+]6c[nH]c7cc(C)c(C)cc76)C1O)C5CC(N)=O)C(C)(CC(N)=O)C4CCC(N)=O)C(C)(CC(N)=O)C3CCC(N)=O)C(C)(C)C2CCC(=O)O. The number of aryl methyl sites for hydroxylation is 2. The maximum Gasteiger partial charge on any atom is 0.472 e. The van der Waals surface area contributed by atoms with Gasteiger partial charge in [-0.25, -0.2) is 9.55 Å². The molecule has 8 rings (SSSR count). The first kappa shape index (κ1) is 68.9. The van der Waals surface area contributed by atoms with Crippen LogP contribution in [0.4, 0.5) is 0 Å². The van der Waals surface area contributed by atoms with Crippen LogP contribution in [0.5, 0.6) is 0 Å². The van der Waals surface area contributed by atoms with Crippen molar-refractivity contribution >= 4 is 77.4 Å². The predicted molar refractivity (Wildman–Crippen MR) is 331 cm³/mol. The maximum absolute atomic E-state index is 14.4. The van der Waals surface area contributed by atoms with Crippen LogP contribution in [0.2, 0.25) is 0 Å². The molecule has 1 aromatic heterocycles. The van der Waals surface area contributed by atoms with Crippen molar-refractivity contribution in [3.63, 3.8) is 0 Å². The number of carboxylic acids is 1. The second-order valence-electron chi connectivity index (χ2n) is 27.1. The molecule has 17 N–H and O–H groups in total. The molecule has 0 radical (unpaired) electrons. The molecule has 15 unspecified atom stereocenters. The maximum atomic E-state index is 14.4. The number of primary amides is 5. The molecule has 6 aliphatic rings. The number of nitrogens with one attached hydrogen (secondary N) is 3. The topological polar surface area (TPSA) is 456 Å². The van der Waals surface area contributed by atoms with E-state index in [-0.39, 0.29) is 77.2 Å². The van der Waals surface area contributed by atoms with Gasteiger partial charge in [-0.05, 0) is 108 Å². The lowest BCUT2D eigenvalue weighted by Gasteiger charge is -2.48. The van der Waals surface area contributed by atoms with E-state index in [1.165, 1.54) is 6.92 Å². The van der Waals surface area contributed by atoms with Gasteiger partial charge in [0.2, 0.25) is 48.0 Å². The lowest BCUT2D eigenvalue weighted by atomic mass is 9.55. The average Bonchev–Trinajstić information content (AvgIpc) is 1.53. The molecule has 492 valence electrons. The number of H-pyrrole nitrogens is 1. The molecule has 2 fully saturated rings. The molecule has 2 saturated heterocycles. The van der Waals surface area contributed by atoms with Crippen LogP contribution in [0.15, 0.2) is 67.8 Å². The lowest BCUT2D eigenvalue weighted by Crippen LogP contribution is -2.56. The summed E-state index contributed by atoms with van der Waals surface area (Å²) in [6.07, 6.45) is -4.57. The van der Waals surface area contributed by atoms with Crippen LogP contribution < -0.4 is 43.9 Å². The van der Waals surface area contributed by atoms with E-state index < -0.39 is 143 Å². The fourth-order valence-electron chi connectivity index (χ4n) is 15.5. The number of hydrogen-bond donors (Lipinski definition) is 12. The fraction of sp³-hybridized carbons (Fsp3) is 0.629. The van der Waals surface area contributed by atoms with Crippen molar-refractivity contribution in [2.45, 2.75) is 189 Å². The summed E-state index contributed by atoms with van der Waals surface area (Å²) in [6.45, 7) is 19.1. The number of aromatic nitrogens is 2. The zero-order valence-corrected chi connectivity index (χ0v) is 54.1. The molecule has 0 saturated carbocycles. The first-order valence-corrected chi connectivity index (χ1v) is 32.1. The summed E-state index contributed by atoms with van der Waals surface area (Å²) < 4.78 is 32.3. The van der Waals surface area contributed by atoms with Crippen LogP contribution in [0.25, 0.3) is 11.0 Å². The van der Waals surface area contributed by atoms with Crippen LogP contribution in [-0.4, -0.2) is 133 Å². The zero-order chi connectivity index (χ0) is 66.7. The normalized spacial score (nSPS) is 32.0. The van der Waals surface area contributed by atoms with E-state index in [2.05, 4.69) is 15.6 Å². The summed E-state index contributed by atoms with van der Waals surface area (Å²) in [5.74, 6) is -7.87. The summed E-state index contributed by atoms with van der Waals surface area (Å²) >= 11 is 0. The van der Waals surface area contributed by atoms with Crippen molar-refractivity contribution in [1.82, 2.24) is 15.6 Å². The number of aromatic amines is 1. The van der Waals surface area contributed by atoms with Crippen molar-refractivity contribution in [1.29, 1.82) is 0 Å². The number of aliphatic carboxylic acids is 1. The summed E-state index contributed by atoms with van der Waals surface area (Å²) in [5, 5.41) is 38.4.